The molecule has 19 heavy (non-hydrogen) atoms. The average molecular weight is 274 g/mol. The van der Waals surface area contributed by atoms with Crippen LogP contribution in [0.15, 0.2) is 41.1 Å². The Morgan fingerprint density at radius 1 is 1.26 bits per heavy atom. The van der Waals surface area contributed by atoms with Crippen molar-refractivity contribution < 1.29 is 0 Å². The zero-order valence-electron chi connectivity index (χ0n) is 11.8. The minimum absolute atomic E-state index is 0.114. The summed E-state index contributed by atoms with van der Waals surface area (Å²) >= 11 is 1.73. The summed E-state index contributed by atoms with van der Waals surface area (Å²) in [5.41, 5.74) is 10.2. The maximum absolute atomic E-state index is 6.18. The lowest BCUT2D eigenvalue weighted by atomic mass is 10.0. The smallest absolute Gasteiger partial charge is 0.0505 e. The van der Waals surface area contributed by atoms with Crippen LogP contribution < -0.4 is 5.73 Å². The summed E-state index contributed by atoms with van der Waals surface area (Å²) in [6.07, 6.45) is 0. The van der Waals surface area contributed by atoms with Crippen LogP contribution in [0.2, 0.25) is 0 Å². The number of rotatable bonds is 5. The third-order valence-electron chi connectivity index (χ3n) is 3.54. The molecule has 1 heterocycles. The first-order chi connectivity index (χ1) is 9.09. The van der Waals surface area contributed by atoms with Gasteiger partial charge in [-0.25, -0.2) is 0 Å². The quantitative estimate of drug-likeness (QED) is 0.903. The monoisotopic (exact) mass is 274 g/mol. The lowest BCUT2D eigenvalue weighted by Crippen LogP contribution is -2.36. The van der Waals surface area contributed by atoms with Gasteiger partial charge in [0.25, 0.3) is 0 Å². The Morgan fingerprint density at radius 2 is 2.00 bits per heavy atom. The van der Waals surface area contributed by atoms with Crippen molar-refractivity contribution >= 4 is 11.3 Å². The van der Waals surface area contributed by atoms with Gasteiger partial charge in [0.1, 0.15) is 0 Å². The Kier molecular flexibility index (Phi) is 4.75. The average Bonchev–Trinajstić information content (AvgIpc) is 2.85. The summed E-state index contributed by atoms with van der Waals surface area (Å²) in [4.78, 5) is 2.34. The molecule has 2 aromatic rings. The first kappa shape index (κ1) is 14.3. The van der Waals surface area contributed by atoms with Crippen LogP contribution in [-0.4, -0.2) is 18.0 Å². The van der Waals surface area contributed by atoms with Gasteiger partial charge in [-0.2, -0.15) is 11.3 Å². The van der Waals surface area contributed by atoms with E-state index in [2.05, 4.69) is 66.9 Å². The Balaban J connectivity index is 2.17. The summed E-state index contributed by atoms with van der Waals surface area (Å²) < 4.78 is 0. The summed E-state index contributed by atoms with van der Waals surface area (Å²) in [6, 6.07) is 11.1. The molecule has 0 bridgehead atoms. The van der Waals surface area contributed by atoms with Crippen LogP contribution in [0, 0.1) is 6.92 Å². The summed E-state index contributed by atoms with van der Waals surface area (Å²) in [5, 5.41) is 4.31. The Bertz CT molecular complexity index is 505. The molecule has 0 aliphatic rings. The van der Waals surface area contributed by atoms with E-state index in [1.807, 2.05) is 0 Å². The van der Waals surface area contributed by atoms with Gasteiger partial charge in [-0.3, -0.25) is 4.90 Å². The third kappa shape index (κ3) is 3.44. The molecule has 1 aromatic carbocycles. The van der Waals surface area contributed by atoms with Gasteiger partial charge < -0.3 is 5.73 Å². The van der Waals surface area contributed by atoms with E-state index in [0.29, 0.717) is 0 Å². The molecule has 0 spiro atoms. The molecule has 2 atom stereocenters. The van der Waals surface area contributed by atoms with E-state index in [1.54, 1.807) is 11.3 Å². The number of hydrogen-bond donors (Lipinski definition) is 1. The van der Waals surface area contributed by atoms with Crippen molar-refractivity contribution in [3.05, 3.63) is 57.8 Å². The van der Waals surface area contributed by atoms with Crippen molar-refractivity contribution in [3.63, 3.8) is 0 Å². The molecule has 0 aliphatic heterocycles. The Hall–Kier alpha value is -1.16. The molecule has 2 rings (SSSR count). The number of thiophene rings is 1. The molecule has 2 N–H and O–H groups in total. The first-order valence-electron chi connectivity index (χ1n) is 6.62. The number of hydrogen-bond acceptors (Lipinski definition) is 3. The van der Waals surface area contributed by atoms with Crippen molar-refractivity contribution in [2.75, 3.05) is 7.05 Å². The van der Waals surface area contributed by atoms with Gasteiger partial charge in [0.15, 0.2) is 0 Å². The van der Waals surface area contributed by atoms with Crippen molar-refractivity contribution in [2.24, 2.45) is 5.73 Å². The zero-order chi connectivity index (χ0) is 13.8. The molecule has 3 heteroatoms. The molecule has 0 fully saturated rings. The van der Waals surface area contributed by atoms with E-state index in [9.17, 15) is 0 Å². The Morgan fingerprint density at radius 3 is 2.58 bits per heavy atom. The standard InChI is InChI=1S/C16H22N2S/c1-12-6-4-5-7-14(12)10-18(3)16(13(2)17)15-8-9-19-11-15/h4-9,11,13,16H,10,17H2,1-3H3. The molecule has 0 radical (unpaired) electrons. The van der Waals surface area contributed by atoms with E-state index in [0.717, 1.165) is 6.54 Å². The largest absolute Gasteiger partial charge is 0.326 e. The van der Waals surface area contributed by atoms with Gasteiger partial charge in [-0.15, -0.1) is 0 Å². The molecule has 0 amide bonds. The van der Waals surface area contributed by atoms with Crippen LogP contribution in [0.25, 0.3) is 0 Å². The normalized spacial score (nSPS) is 14.6. The second-order valence-electron chi connectivity index (χ2n) is 5.20. The highest BCUT2D eigenvalue weighted by Crippen LogP contribution is 2.26. The molecule has 0 saturated carbocycles. The molecule has 2 unspecified atom stereocenters. The lowest BCUT2D eigenvalue weighted by Gasteiger charge is -2.31. The molecular formula is C16H22N2S. The molecule has 2 nitrogen and oxygen atoms in total. The summed E-state index contributed by atoms with van der Waals surface area (Å²) in [6.45, 7) is 5.17. The number of benzene rings is 1. The van der Waals surface area contributed by atoms with Crippen LogP contribution in [0.3, 0.4) is 0 Å². The van der Waals surface area contributed by atoms with Gasteiger partial charge >= 0.3 is 0 Å². The topological polar surface area (TPSA) is 29.3 Å². The van der Waals surface area contributed by atoms with Gasteiger partial charge in [-0.05, 0) is 54.4 Å². The van der Waals surface area contributed by atoms with Crippen LogP contribution >= 0.6 is 11.3 Å². The maximum atomic E-state index is 6.18. The molecular weight excluding hydrogens is 252 g/mol. The fourth-order valence-corrected chi connectivity index (χ4v) is 3.25. The fraction of sp³-hybridized carbons (Fsp3) is 0.375. The first-order valence-corrected chi connectivity index (χ1v) is 7.56. The molecule has 1 aromatic heterocycles. The molecule has 102 valence electrons. The minimum atomic E-state index is 0.114. The summed E-state index contributed by atoms with van der Waals surface area (Å²) in [7, 11) is 2.15. The van der Waals surface area contributed by atoms with Crippen LogP contribution in [0.5, 0.6) is 0 Å². The number of nitrogens with zero attached hydrogens (tertiary/aromatic N) is 1. The van der Waals surface area contributed by atoms with Gasteiger partial charge in [0.2, 0.25) is 0 Å². The second-order valence-corrected chi connectivity index (χ2v) is 5.98. The molecule has 0 aliphatic carbocycles. The van der Waals surface area contributed by atoms with Crippen molar-refractivity contribution in [1.82, 2.24) is 4.90 Å². The Labute approximate surface area is 119 Å². The van der Waals surface area contributed by atoms with Crippen molar-refractivity contribution in [1.29, 1.82) is 0 Å². The number of likely N-dealkylation sites (N-methyl/N-ethyl adjacent to an activating group) is 1. The number of nitrogens with two attached hydrogens (primary N) is 1. The second kappa shape index (κ2) is 6.33. The van der Waals surface area contributed by atoms with E-state index >= 15 is 0 Å². The van der Waals surface area contributed by atoms with Crippen molar-refractivity contribution in [2.45, 2.75) is 32.5 Å². The summed E-state index contributed by atoms with van der Waals surface area (Å²) in [5.74, 6) is 0. The third-order valence-corrected chi connectivity index (χ3v) is 4.24. The SMILES string of the molecule is Cc1ccccc1CN(C)C(c1ccsc1)C(C)N. The predicted octanol–water partition coefficient (Wildman–Crippen LogP) is 3.58. The molecule has 0 saturated heterocycles. The van der Waals surface area contributed by atoms with Gasteiger partial charge in [-0.1, -0.05) is 24.3 Å². The predicted molar refractivity (Wildman–Crippen MR) is 83.4 cm³/mol. The van der Waals surface area contributed by atoms with Gasteiger partial charge in [0.05, 0.1) is 6.04 Å². The van der Waals surface area contributed by atoms with E-state index < -0.39 is 0 Å². The zero-order valence-corrected chi connectivity index (χ0v) is 12.7. The highest BCUT2D eigenvalue weighted by molar-refractivity contribution is 7.07. The van der Waals surface area contributed by atoms with Crippen molar-refractivity contribution in [3.8, 4) is 0 Å². The van der Waals surface area contributed by atoms with Gasteiger partial charge in [0, 0.05) is 12.6 Å². The van der Waals surface area contributed by atoms with E-state index in [4.69, 9.17) is 5.73 Å². The van der Waals surface area contributed by atoms with Crippen LogP contribution in [0.1, 0.15) is 29.7 Å². The van der Waals surface area contributed by atoms with E-state index in [1.165, 1.54) is 16.7 Å². The highest BCUT2D eigenvalue weighted by Gasteiger charge is 2.21. The minimum Gasteiger partial charge on any atom is -0.326 e. The fourth-order valence-electron chi connectivity index (χ4n) is 2.56. The lowest BCUT2D eigenvalue weighted by molar-refractivity contribution is 0.211. The van der Waals surface area contributed by atoms with Crippen LogP contribution in [-0.2, 0) is 6.54 Å². The van der Waals surface area contributed by atoms with E-state index in [-0.39, 0.29) is 12.1 Å². The maximum Gasteiger partial charge on any atom is 0.0505 e. The highest BCUT2D eigenvalue weighted by atomic mass is 32.1. The van der Waals surface area contributed by atoms with Crippen LogP contribution in [0.4, 0.5) is 0 Å². The number of aryl methyl sites for hydroxylation is 1.